The quantitative estimate of drug-likeness (QED) is 0.696. The summed E-state index contributed by atoms with van der Waals surface area (Å²) in [4.78, 5) is 12.9. The first kappa shape index (κ1) is 18.8. The zero-order valence-corrected chi connectivity index (χ0v) is 15.3. The van der Waals surface area contributed by atoms with Crippen LogP contribution < -0.4 is 10.1 Å². The van der Waals surface area contributed by atoms with E-state index in [4.69, 9.17) is 9.47 Å². The van der Waals surface area contributed by atoms with Gasteiger partial charge in [-0.15, -0.1) is 0 Å². The van der Waals surface area contributed by atoms with Crippen LogP contribution in [0.25, 0.3) is 0 Å². The van der Waals surface area contributed by atoms with E-state index in [-0.39, 0.29) is 5.91 Å². The molecule has 0 aliphatic heterocycles. The van der Waals surface area contributed by atoms with Gasteiger partial charge in [-0.2, -0.15) is 0 Å². The van der Waals surface area contributed by atoms with Crippen LogP contribution >= 0.6 is 0 Å². The van der Waals surface area contributed by atoms with Crippen LogP contribution in [0.1, 0.15) is 59.3 Å². The minimum Gasteiger partial charge on any atom is -0.494 e. The van der Waals surface area contributed by atoms with Crippen molar-refractivity contribution in [2.75, 3.05) is 18.5 Å². The third-order valence-electron chi connectivity index (χ3n) is 4.67. The van der Waals surface area contributed by atoms with Gasteiger partial charge in [-0.25, -0.2) is 0 Å². The average Bonchev–Trinajstić information content (AvgIpc) is 2.57. The van der Waals surface area contributed by atoms with E-state index in [1.807, 2.05) is 31.2 Å². The van der Waals surface area contributed by atoms with E-state index >= 15 is 0 Å². The lowest BCUT2D eigenvalue weighted by Gasteiger charge is -2.38. The van der Waals surface area contributed by atoms with E-state index in [0.29, 0.717) is 12.5 Å². The van der Waals surface area contributed by atoms with Gasteiger partial charge in [0.2, 0.25) is 0 Å². The van der Waals surface area contributed by atoms with E-state index < -0.39 is 5.60 Å². The van der Waals surface area contributed by atoms with E-state index in [0.717, 1.165) is 50.1 Å². The molecule has 4 heteroatoms. The molecule has 134 valence electrons. The number of rotatable bonds is 8. The molecule has 1 aromatic carbocycles. The van der Waals surface area contributed by atoms with Gasteiger partial charge in [0, 0.05) is 12.3 Å². The number of anilines is 1. The van der Waals surface area contributed by atoms with E-state index in [1.54, 1.807) is 0 Å². The monoisotopic (exact) mass is 333 g/mol. The number of benzene rings is 1. The fraction of sp³-hybridized carbons (Fsp3) is 0.650. The Morgan fingerprint density at radius 3 is 2.67 bits per heavy atom. The highest BCUT2D eigenvalue weighted by atomic mass is 16.5. The van der Waals surface area contributed by atoms with Crippen molar-refractivity contribution >= 4 is 11.6 Å². The predicted octanol–water partition coefficient (Wildman–Crippen LogP) is 4.79. The van der Waals surface area contributed by atoms with Crippen LogP contribution in [0.4, 0.5) is 5.69 Å². The summed E-state index contributed by atoms with van der Waals surface area (Å²) in [6.45, 7) is 7.58. The highest BCUT2D eigenvalue weighted by molar-refractivity contribution is 5.97. The fourth-order valence-corrected chi connectivity index (χ4v) is 3.40. The van der Waals surface area contributed by atoms with Crippen LogP contribution in [0.15, 0.2) is 24.3 Å². The third kappa shape index (κ3) is 4.97. The third-order valence-corrected chi connectivity index (χ3v) is 4.67. The highest BCUT2D eigenvalue weighted by Crippen LogP contribution is 2.36. The van der Waals surface area contributed by atoms with Crippen LogP contribution in [0.3, 0.4) is 0 Å². The largest absolute Gasteiger partial charge is 0.494 e. The summed E-state index contributed by atoms with van der Waals surface area (Å²) < 4.78 is 11.6. The van der Waals surface area contributed by atoms with Crippen LogP contribution in [0.2, 0.25) is 0 Å². The maximum absolute atomic E-state index is 12.9. The summed E-state index contributed by atoms with van der Waals surface area (Å²) >= 11 is 0. The van der Waals surface area contributed by atoms with Gasteiger partial charge in [-0.05, 0) is 62.8 Å². The molecule has 1 aliphatic carbocycles. The zero-order chi connectivity index (χ0) is 17.4. The number of nitrogens with one attached hydrogen (secondary N) is 1. The molecular formula is C20H31NO3. The first-order chi connectivity index (χ1) is 11.6. The summed E-state index contributed by atoms with van der Waals surface area (Å²) in [6.07, 6.45) is 5.98. The molecule has 0 bridgehead atoms. The number of amides is 1. The Balaban J connectivity index is 1.98. The number of hydrogen-bond acceptors (Lipinski definition) is 3. The Kier molecular flexibility index (Phi) is 7.10. The summed E-state index contributed by atoms with van der Waals surface area (Å²) in [7, 11) is 0. The Bertz CT molecular complexity index is 510. The normalized spacial score (nSPS) is 23.7. The van der Waals surface area contributed by atoms with Crippen molar-refractivity contribution in [2.45, 2.75) is 64.9 Å². The molecule has 24 heavy (non-hydrogen) atoms. The number of hydrogen-bond donors (Lipinski definition) is 1. The maximum atomic E-state index is 12.9. The molecule has 1 amide bonds. The molecule has 0 spiro atoms. The Labute approximate surface area is 145 Å². The molecule has 1 fully saturated rings. The van der Waals surface area contributed by atoms with Crippen molar-refractivity contribution in [3.8, 4) is 5.75 Å². The lowest BCUT2D eigenvalue weighted by Crippen LogP contribution is -2.48. The Hall–Kier alpha value is -1.55. The molecule has 2 rings (SSSR count). The molecule has 1 N–H and O–H groups in total. The molecule has 0 heterocycles. The maximum Gasteiger partial charge on any atom is 0.256 e. The second-order valence-electron chi connectivity index (χ2n) is 6.81. The van der Waals surface area contributed by atoms with Gasteiger partial charge in [0.15, 0.2) is 0 Å². The van der Waals surface area contributed by atoms with Crippen molar-refractivity contribution < 1.29 is 14.3 Å². The summed E-state index contributed by atoms with van der Waals surface area (Å²) in [5.41, 5.74) is 0.114. The van der Waals surface area contributed by atoms with Gasteiger partial charge >= 0.3 is 0 Å². The second-order valence-corrected chi connectivity index (χ2v) is 6.81. The first-order valence-corrected chi connectivity index (χ1v) is 9.28. The van der Waals surface area contributed by atoms with Crippen LogP contribution in [0, 0.1) is 5.92 Å². The van der Waals surface area contributed by atoms with E-state index in [1.165, 1.54) is 6.42 Å². The molecule has 1 aromatic rings. The number of ether oxygens (including phenoxy) is 2. The standard InChI is InChI=1S/C20H31NO3/c1-4-6-14-23-18-11-9-17(10-12-18)21-19(22)20(24-5-2)13-7-8-16(3)15-20/h9-12,16H,4-8,13-15H2,1-3H3,(H,21,22). The number of carbonyl (C=O) groups excluding carboxylic acids is 1. The average molecular weight is 333 g/mol. The van der Waals surface area contributed by atoms with Gasteiger partial charge in [0.1, 0.15) is 11.4 Å². The van der Waals surface area contributed by atoms with Crippen LogP contribution in [-0.4, -0.2) is 24.7 Å². The fourth-order valence-electron chi connectivity index (χ4n) is 3.40. The van der Waals surface area contributed by atoms with E-state index in [2.05, 4.69) is 19.2 Å². The topological polar surface area (TPSA) is 47.6 Å². The van der Waals surface area contributed by atoms with Gasteiger partial charge in [-0.3, -0.25) is 4.79 Å². The summed E-state index contributed by atoms with van der Waals surface area (Å²) in [5, 5.41) is 3.03. The molecule has 2 unspecified atom stereocenters. The summed E-state index contributed by atoms with van der Waals surface area (Å²) in [6, 6.07) is 7.60. The van der Waals surface area contributed by atoms with Crippen LogP contribution in [0.5, 0.6) is 5.75 Å². The van der Waals surface area contributed by atoms with Gasteiger partial charge < -0.3 is 14.8 Å². The van der Waals surface area contributed by atoms with Gasteiger partial charge in [0.25, 0.3) is 5.91 Å². The van der Waals surface area contributed by atoms with Crippen molar-refractivity contribution in [3.63, 3.8) is 0 Å². The molecule has 0 radical (unpaired) electrons. The minimum absolute atomic E-state index is 0.0180. The van der Waals surface area contributed by atoms with Crippen LogP contribution in [-0.2, 0) is 9.53 Å². The molecule has 2 atom stereocenters. The lowest BCUT2D eigenvalue weighted by atomic mass is 9.78. The van der Waals surface area contributed by atoms with Gasteiger partial charge in [-0.1, -0.05) is 26.7 Å². The SMILES string of the molecule is CCCCOc1ccc(NC(=O)C2(OCC)CCCC(C)C2)cc1. The molecule has 4 nitrogen and oxygen atoms in total. The zero-order valence-electron chi connectivity index (χ0n) is 15.3. The number of carbonyl (C=O) groups is 1. The van der Waals surface area contributed by atoms with Gasteiger partial charge in [0.05, 0.1) is 6.61 Å². The molecular weight excluding hydrogens is 302 g/mol. The molecule has 0 aromatic heterocycles. The van der Waals surface area contributed by atoms with Crippen molar-refractivity contribution in [1.82, 2.24) is 0 Å². The molecule has 1 aliphatic rings. The second kappa shape index (κ2) is 9.07. The smallest absolute Gasteiger partial charge is 0.256 e. The predicted molar refractivity (Wildman–Crippen MR) is 97.5 cm³/mol. The van der Waals surface area contributed by atoms with Crippen molar-refractivity contribution in [3.05, 3.63) is 24.3 Å². The highest BCUT2D eigenvalue weighted by Gasteiger charge is 2.42. The van der Waals surface area contributed by atoms with E-state index in [9.17, 15) is 4.79 Å². The first-order valence-electron chi connectivity index (χ1n) is 9.28. The number of unbranched alkanes of at least 4 members (excludes halogenated alkanes) is 1. The summed E-state index contributed by atoms with van der Waals surface area (Å²) in [5.74, 6) is 1.34. The Morgan fingerprint density at radius 2 is 2.04 bits per heavy atom. The van der Waals surface area contributed by atoms with Crippen molar-refractivity contribution in [1.29, 1.82) is 0 Å². The Morgan fingerprint density at radius 1 is 1.29 bits per heavy atom. The molecule has 0 saturated heterocycles. The van der Waals surface area contributed by atoms with Crippen molar-refractivity contribution in [2.24, 2.45) is 5.92 Å². The minimum atomic E-state index is -0.678. The molecule has 1 saturated carbocycles. The lowest BCUT2D eigenvalue weighted by molar-refractivity contribution is -0.147.